The lowest BCUT2D eigenvalue weighted by Gasteiger charge is -2.39. The lowest BCUT2D eigenvalue weighted by Crippen LogP contribution is -2.46. The van der Waals surface area contributed by atoms with Gasteiger partial charge in [0.25, 0.3) is 0 Å². The summed E-state index contributed by atoms with van der Waals surface area (Å²) in [6, 6.07) is 1.90. The Morgan fingerprint density at radius 1 is 1.46 bits per heavy atom. The van der Waals surface area contributed by atoms with Crippen LogP contribution in [0, 0.1) is 11.3 Å². The quantitative estimate of drug-likeness (QED) is 0.889. The zero-order valence-electron chi connectivity index (χ0n) is 13.0. The number of carboxylic acid groups (broad SMARTS) is 1. The van der Waals surface area contributed by atoms with Gasteiger partial charge in [0.2, 0.25) is 17.7 Å². The smallest absolute Gasteiger partial charge is 0.311 e. The van der Waals surface area contributed by atoms with Gasteiger partial charge in [0, 0.05) is 36.9 Å². The van der Waals surface area contributed by atoms with E-state index in [1.165, 1.54) is 0 Å². The first-order valence-electron chi connectivity index (χ1n) is 7.94. The Morgan fingerprint density at radius 2 is 2.33 bits per heavy atom. The highest BCUT2D eigenvalue weighted by Gasteiger charge is 2.59. The van der Waals surface area contributed by atoms with Crippen LogP contribution in [0.1, 0.15) is 25.2 Å². The molecular weight excluding hydrogens is 330 g/mol. The van der Waals surface area contributed by atoms with E-state index in [-0.39, 0.29) is 18.2 Å². The first-order valence-corrected chi connectivity index (χ1v) is 8.89. The molecule has 1 aliphatic carbocycles. The van der Waals surface area contributed by atoms with Crippen LogP contribution in [0.4, 0.5) is 0 Å². The van der Waals surface area contributed by atoms with Crippen LogP contribution >= 0.6 is 11.3 Å². The molecule has 126 valence electrons. The van der Waals surface area contributed by atoms with Crippen LogP contribution < -0.4 is 0 Å². The summed E-state index contributed by atoms with van der Waals surface area (Å²) in [5.74, 6) is 0.182. The Bertz CT molecular complexity index is 772. The zero-order chi connectivity index (χ0) is 16.7. The summed E-state index contributed by atoms with van der Waals surface area (Å²) in [7, 11) is 0. The number of rotatable bonds is 5. The van der Waals surface area contributed by atoms with E-state index in [9.17, 15) is 14.7 Å². The first-order chi connectivity index (χ1) is 11.6. The second-order valence-corrected chi connectivity index (χ2v) is 7.26. The van der Waals surface area contributed by atoms with Crippen LogP contribution in [0.2, 0.25) is 0 Å². The molecule has 1 amide bonds. The molecular formula is C16H17N3O4S. The Balaban J connectivity index is 1.35. The van der Waals surface area contributed by atoms with Gasteiger partial charge in [-0.3, -0.25) is 9.59 Å². The van der Waals surface area contributed by atoms with Gasteiger partial charge in [-0.1, -0.05) is 0 Å². The van der Waals surface area contributed by atoms with Crippen molar-refractivity contribution in [1.29, 1.82) is 0 Å². The number of hydrogen-bond donors (Lipinski definition) is 1. The molecule has 24 heavy (non-hydrogen) atoms. The molecule has 8 heteroatoms. The molecule has 2 aromatic rings. The molecule has 1 saturated carbocycles. The number of thiophene rings is 1. The fraction of sp³-hybridized carbons (Fsp3) is 0.500. The van der Waals surface area contributed by atoms with Gasteiger partial charge in [-0.2, -0.15) is 11.3 Å². The predicted octanol–water partition coefficient (Wildman–Crippen LogP) is 2.05. The molecule has 2 fully saturated rings. The highest BCUT2D eigenvalue weighted by molar-refractivity contribution is 7.08. The third-order valence-corrected chi connectivity index (χ3v) is 5.88. The van der Waals surface area contributed by atoms with Crippen molar-refractivity contribution in [2.45, 2.75) is 25.7 Å². The molecule has 3 heterocycles. The van der Waals surface area contributed by atoms with Crippen molar-refractivity contribution in [3.63, 3.8) is 0 Å². The number of hydrogen-bond acceptors (Lipinski definition) is 6. The monoisotopic (exact) mass is 347 g/mol. The standard InChI is InChI=1S/C16H17N3O4S/c20-13(19-7-11-3-5-16(11,9-19)15(21)22)2-1-12-17-18-14(23-12)10-4-6-24-8-10/h4,6,8,11H,1-3,5,7,9H2,(H,21,22)/t11-,16-/m0/s1. The first kappa shape index (κ1) is 15.3. The van der Waals surface area contributed by atoms with E-state index in [0.717, 1.165) is 12.0 Å². The summed E-state index contributed by atoms with van der Waals surface area (Å²) in [5.41, 5.74) is 0.177. The molecule has 4 rings (SSSR count). The minimum Gasteiger partial charge on any atom is -0.481 e. The highest BCUT2D eigenvalue weighted by atomic mass is 32.1. The molecule has 1 saturated heterocycles. The van der Waals surface area contributed by atoms with Crippen LogP contribution in [-0.2, 0) is 16.0 Å². The van der Waals surface area contributed by atoms with Gasteiger partial charge < -0.3 is 14.4 Å². The maximum atomic E-state index is 12.4. The lowest BCUT2D eigenvalue weighted by molar-refractivity contribution is -0.157. The van der Waals surface area contributed by atoms with E-state index in [2.05, 4.69) is 10.2 Å². The summed E-state index contributed by atoms with van der Waals surface area (Å²) in [6.45, 7) is 0.880. The van der Waals surface area contributed by atoms with E-state index in [1.807, 2.05) is 16.8 Å². The SMILES string of the molecule is O=C(CCc1nnc(-c2ccsc2)o1)N1C[C@@H]2CC[C@]2(C(=O)O)C1. The number of aryl methyl sites for hydroxylation is 1. The van der Waals surface area contributed by atoms with Crippen LogP contribution in [0.15, 0.2) is 21.2 Å². The molecule has 0 spiro atoms. The molecule has 7 nitrogen and oxygen atoms in total. The average Bonchev–Trinajstić information content (AvgIpc) is 3.25. The van der Waals surface area contributed by atoms with Gasteiger partial charge >= 0.3 is 5.97 Å². The number of nitrogens with zero attached hydrogens (tertiary/aromatic N) is 3. The average molecular weight is 347 g/mol. The number of carbonyl (C=O) groups is 2. The van der Waals surface area contributed by atoms with E-state index in [1.54, 1.807) is 16.2 Å². The number of likely N-dealkylation sites (tertiary alicyclic amines) is 1. The van der Waals surface area contributed by atoms with Gasteiger partial charge in [0.05, 0.1) is 5.41 Å². The fourth-order valence-corrected chi connectivity index (χ4v) is 4.24. The molecule has 0 bridgehead atoms. The third kappa shape index (κ3) is 2.41. The summed E-state index contributed by atoms with van der Waals surface area (Å²) in [5, 5.41) is 21.2. The molecule has 1 aliphatic heterocycles. The van der Waals surface area contributed by atoms with Gasteiger partial charge in [0.15, 0.2) is 0 Å². The maximum Gasteiger partial charge on any atom is 0.311 e. The van der Waals surface area contributed by atoms with E-state index in [0.29, 0.717) is 37.7 Å². The van der Waals surface area contributed by atoms with Crippen molar-refractivity contribution in [1.82, 2.24) is 15.1 Å². The number of fused-ring (bicyclic) bond motifs is 1. The van der Waals surface area contributed by atoms with Crippen molar-refractivity contribution in [2.24, 2.45) is 11.3 Å². The predicted molar refractivity (Wildman–Crippen MR) is 85.3 cm³/mol. The van der Waals surface area contributed by atoms with Gasteiger partial charge in [-0.25, -0.2) is 0 Å². The fourth-order valence-electron chi connectivity index (χ4n) is 3.61. The van der Waals surface area contributed by atoms with Gasteiger partial charge in [0.1, 0.15) is 0 Å². The Kier molecular flexibility index (Phi) is 3.64. The Labute approximate surface area is 142 Å². The maximum absolute atomic E-state index is 12.4. The number of amides is 1. The van der Waals surface area contributed by atoms with Gasteiger partial charge in [-0.05, 0) is 30.2 Å². The molecule has 1 N–H and O–H groups in total. The van der Waals surface area contributed by atoms with Crippen molar-refractivity contribution >= 4 is 23.2 Å². The third-order valence-electron chi connectivity index (χ3n) is 5.20. The second kappa shape index (κ2) is 5.70. The minimum absolute atomic E-state index is 0.0414. The van der Waals surface area contributed by atoms with Crippen molar-refractivity contribution in [3.05, 3.63) is 22.7 Å². The topological polar surface area (TPSA) is 96.5 Å². The molecule has 0 radical (unpaired) electrons. The molecule has 2 aromatic heterocycles. The molecule has 2 aliphatic rings. The van der Waals surface area contributed by atoms with Gasteiger partial charge in [-0.15, -0.1) is 10.2 Å². The highest BCUT2D eigenvalue weighted by Crippen LogP contribution is 2.52. The number of carbonyl (C=O) groups excluding carboxylic acids is 1. The summed E-state index contributed by atoms with van der Waals surface area (Å²) in [6.07, 6.45) is 2.19. The van der Waals surface area contributed by atoms with Crippen LogP contribution in [0.5, 0.6) is 0 Å². The zero-order valence-corrected chi connectivity index (χ0v) is 13.8. The Hall–Kier alpha value is -2.22. The lowest BCUT2D eigenvalue weighted by atomic mass is 9.62. The molecule has 2 atom stereocenters. The normalized spacial score (nSPS) is 25.3. The second-order valence-electron chi connectivity index (χ2n) is 6.48. The largest absolute Gasteiger partial charge is 0.481 e. The van der Waals surface area contributed by atoms with E-state index in [4.69, 9.17) is 4.42 Å². The number of aromatic nitrogens is 2. The summed E-state index contributed by atoms with van der Waals surface area (Å²) < 4.78 is 5.57. The van der Waals surface area contributed by atoms with E-state index < -0.39 is 11.4 Å². The number of carboxylic acids is 1. The number of aliphatic carboxylic acids is 1. The minimum atomic E-state index is -0.772. The Morgan fingerprint density at radius 3 is 2.96 bits per heavy atom. The van der Waals surface area contributed by atoms with Crippen LogP contribution in [-0.4, -0.2) is 45.2 Å². The van der Waals surface area contributed by atoms with E-state index >= 15 is 0 Å². The summed E-state index contributed by atoms with van der Waals surface area (Å²) >= 11 is 1.55. The van der Waals surface area contributed by atoms with Crippen molar-refractivity contribution in [2.75, 3.05) is 13.1 Å². The van der Waals surface area contributed by atoms with Crippen LogP contribution in [0.3, 0.4) is 0 Å². The molecule has 0 unspecified atom stereocenters. The molecule has 0 aromatic carbocycles. The summed E-state index contributed by atoms with van der Waals surface area (Å²) in [4.78, 5) is 25.5. The van der Waals surface area contributed by atoms with Crippen LogP contribution in [0.25, 0.3) is 11.5 Å². The van der Waals surface area contributed by atoms with Crippen molar-refractivity contribution in [3.8, 4) is 11.5 Å². The van der Waals surface area contributed by atoms with Crippen molar-refractivity contribution < 1.29 is 19.1 Å².